The maximum Gasteiger partial charge on any atom is 0.164 e. The number of hydrogen-bond donors (Lipinski definition) is 0. The van der Waals surface area contributed by atoms with Gasteiger partial charge in [0.05, 0.1) is 22.1 Å². The molecule has 6 heteroatoms. The molecule has 8 aromatic carbocycles. The van der Waals surface area contributed by atoms with Gasteiger partial charge in [0.1, 0.15) is 0 Å². The van der Waals surface area contributed by atoms with E-state index in [9.17, 15) is 0 Å². The van der Waals surface area contributed by atoms with Crippen LogP contribution in [0.4, 0.5) is 0 Å². The van der Waals surface area contributed by atoms with Crippen LogP contribution in [0.1, 0.15) is 0 Å². The summed E-state index contributed by atoms with van der Waals surface area (Å²) in [7, 11) is 0. The number of rotatable bonds is 5. The zero-order chi connectivity index (χ0) is 37.5. The first-order valence-electron chi connectivity index (χ1n) is 19.1. The van der Waals surface area contributed by atoms with Gasteiger partial charge in [0, 0.05) is 69.8 Å². The molecule has 0 aliphatic rings. The first kappa shape index (κ1) is 31.9. The lowest BCUT2D eigenvalue weighted by molar-refractivity contribution is 1.07. The molecule has 12 aromatic rings. The van der Waals surface area contributed by atoms with Gasteiger partial charge in [-0.2, -0.15) is 0 Å². The molecule has 4 heterocycles. The smallest absolute Gasteiger partial charge is 0.164 e. The molecular weight excluding hydrogens is 715 g/mol. The normalized spacial score (nSPS) is 11.9. The monoisotopic (exact) mass is 745 g/mol. The zero-order valence-electron chi connectivity index (χ0n) is 30.5. The van der Waals surface area contributed by atoms with Crippen molar-refractivity contribution in [1.29, 1.82) is 0 Å². The summed E-state index contributed by atoms with van der Waals surface area (Å²) >= 11 is 1.85. The van der Waals surface area contributed by atoms with Gasteiger partial charge in [0.15, 0.2) is 17.5 Å². The molecular formula is C51H31N5S. The predicted molar refractivity (Wildman–Crippen MR) is 238 cm³/mol. The van der Waals surface area contributed by atoms with Gasteiger partial charge in [0.25, 0.3) is 0 Å². The van der Waals surface area contributed by atoms with Gasteiger partial charge in [-0.1, -0.05) is 140 Å². The molecule has 0 aliphatic carbocycles. The second-order valence-electron chi connectivity index (χ2n) is 14.4. The van der Waals surface area contributed by atoms with Crippen LogP contribution in [0.3, 0.4) is 0 Å². The van der Waals surface area contributed by atoms with Crippen molar-refractivity contribution in [2.45, 2.75) is 0 Å². The lowest BCUT2D eigenvalue weighted by Crippen LogP contribution is -2.01. The molecule has 12 rings (SSSR count). The number of nitrogens with zero attached hydrogens (tertiary/aromatic N) is 5. The maximum absolute atomic E-state index is 5.09. The Kier molecular flexibility index (Phi) is 7.03. The van der Waals surface area contributed by atoms with Crippen LogP contribution in [0.15, 0.2) is 188 Å². The molecule has 0 fully saturated rings. The highest BCUT2D eigenvalue weighted by molar-refractivity contribution is 7.25. The Labute approximate surface area is 331 Å². The molecule has 0 saturated heterocycles. The standard InChI is InChI=1S/C51H31N5S/c1-3-14-32(15-4-1)49-52-50(33-16-5-2-6-17-33)54-51(53-49)34-18-13-19-35(30-34)55-43-23-10-7-20-37(43)40-27-28-41-38-21-8-11-24-44(38)56(48(41)47(40)55)36-26-29-46-42(31-36)39-22-9-12-25-45(39)57-46/h1-31H. The van der Waals surface area contributed by atoms with Crippen molar-refractivity contribution < 1.29 is 0 Å². The summed E-state index contributed by atoms with van der Waals surface area (Å²) in [6.45, 7) is 0. The van der Waals surface area contributed by atoms with Crippen LogP contribution in [0.2, 0.25) is 0 Å². The van der Waals surface area contributed by atoms with Gasteiger partial charge in [-0.3, -0.25) is 0 Å². The predicted octanol–water partition coefficient (Wildman–Crippen LogP) is 13.4. The molecule has 4 aromatic heterocycles. The Morgan fingerprint density at radius 1 is 0.316 bits per heavy atom. The van der Waals surface area contributed by atoms with Crippen molar-refractivity contribution in [3.05, 3.63) is 188 Å². The van der Waals surface area contributed by atoms with E-state index in [0.29, 0.717) is 17.5 Å². The van der Waals surface area contributed by atoms with Crippen LogP contribution in [0.5, 0.6) is 0 Å². The molecule has 0 N–H and O–H groups in total. The van der Waals surface area contributed by atoms with Crippen LogP contribution in [-0.4, -0.2) is 24.1 Å². The highest BCUT2D eigenvalue weighted by atomic mass is 32.1. The molecule has 0 radical (unpaired) electrons. The third-order valence-electron chi connectivity index (χ3n) is 11.1. The highest BCUT2D eigenvalue weighted by Gasteiger charge is 2.22. The van der Waals surface area contributed by atoms with Gasteiger partial charge >= 0.3 is 0 Å². The summed E-state index contributed by atoms with van der Waals surface area (Å²) in [5.41, 5.74) is 9.62. The summed E-state index contributed by atoms with van der Waals surface area (Å²) in [5, 5.41) is 7.41. The van der Waals surface area contributed by atoms with E-state index in [-0.39, 0.29) is 0 Å². The number of benzene rings is 8. The summed E-state index contributed by atoms with van der Waals surface area (Å²) in [6, 6.07) is 66.7. The minimum absolute atomic E-state index is 0.626. The van der Waals surface area contributed by atoms with E-state index in [0.717, 1.165) is 39.1 Å². The second kappa shape index (κ2) is 12.6. The molecule has 0 atom stereocenters. The number of aromatic nitrogens is 5. The third kappa shape index (κ3) is 4.98. The van der Waals surface area contributed by atoms with Gasteiger partial charge in [-0.05, 0) is 48.5 Å². The maximum atomic E-state index is 5.09. The van der Waals surface area contributed by atoms with Gasteiger partial charge < -0.3 is 9.13 Å². The fourth-order valence-corrected chi connectivity index (χ4v) is 9.70. The van der Waals surface area contributed by atoms with Gasteiger partial charge in [-0.25, -0.2) is 15.0 Å². The Bertz CT molecular complexity index is 3470. The molecule has 266 valence electrons. The Morgan fingerprint density at radius 3 is 1.40 bits per heavy atom. The quantitative estimate of drug-likeness (QED) is 0.176. The van der Waals surface area contributed by atoms with E-state index in [1.165, 1.54) is 52.8 Å². The van der Waals surface area contributed by atoms with E-state index < -0.39 is 0 Å². The Hall–Kier alpha value is -7.41. The first-order valence-corrected chi connectivity index (χ1v) is 19.9. The van der Waals surface area contributed by atoms with Crippen LogP contribution in [-0.2, 0) is 0 Å². The first-order chi connectivity index (χ1) is 28.3. The lowest BCUT2D eigenvalue weighted by Gasteiger charge is -2.14. The topological polar surface area (TPSA) is 48.5 Å². The van der Waals surface area contributed by atoms with Crippen molar-refractivity contribution in [2.24, 2.45) is 0 Å². The van der Waals surface area contributed by atoms with E-state index in [2.05, 4.69) is 137 Å². The van der Waals surface area contributed by atoms with E-state index in [4.69, 9.17) is 15.0 Å². The molecule has 5 nitrogen and oxygen atoms in total. The van der Waals surface area contributed by atoms with E-state index in [1.807, 2.05) is 72.0 Å². The summed E-state index contributed by atoms with van der Waals surface area (Å²) in [6.07, 6.45) is 0. The van der Waals surface area contributed by atoms with Crippen molar-refractivity contribution in [3.8, 4) is 45.5 Å². The van der Waals surface area contributed by atoms with E-state index in [1.54, 1.807) is 0 Å². The van der Waals surface area contributed by atoms with Gasteiger partial charge in [-0.15, -0.1) is 11.3 Å². The Morgan fingerprint density at radius 2 is 0.789 bits per heavy atom. The lowest BCUT2D eigenvalue weighted by atomic mass is 10.1. The molecule has 0 saturated carbocycles. The summed E-state index contributed by atoms with van der Waals surface area (Å²) in [5.74, 6) is 1.91. The van der Waals surface area contributed by atoms with E-state index >= 15 is 0 Å². The average Bonchev–Trinajstić information content (AvgIpc) is 3.94. The zero-order valence-corrected chi connectivity index (χ0v) is 31.4. The Balaban J connectivity index is 1.14. The second-order valence-corrected chi connectivity index (χ2v) is 15.5. The number of para-hydroxylation sites is 2. The molecule has 57 heavy (non-hydrogen) atoms. The van der Waals surface area contributed by atoms with Crippen molar-refractivity contribution in [3.63, 3.8) is 0 Å². The highest BCUT2D eigenvalue weighted by Crippen LogP contribution is 2.43. The van der Waals surface area contributed by atoms with Crippen LogP contribution in [0.25, 0.3) is 109 Å². The average molecular weight is 746 g/mol. The van der Waals surface area contributed by atoms with Crippen molar-refractivity contribution >= 4 is 75.1 Å². The minimum atomic E-state index is 0.626. The molecule has 0 amide bonds. The molecule has 0 unspecified atom stereocenters. The minimum Gasteiger partial charge on any atom is -0.307 e. The number of hydrogen-bond acceptors (Lipinski definition) is 4. The van der Waals surface area contributed by atoms with Crippen LogP contribution < -0.4 is 0 Å². The van der Waals surface area contributed by atoms with Gasteiger partial charge in [0.2, 0.25) is 0 Å². The SMILES string of the molecule is c1ccc(-c2nc(-c3ccccc3)nc(-c3cccc(-n4c5ccccc5c5ccc6c7ccccc7n(-c7ccc8sc9ccccc9c8c7)c6c54)c3)n2)cc1. The van der Waals surface area contributed by atoms with Crippen molar-refractivity contribution in [2.75, 3.05) is 0 Å². The molecule has 0 spiro atoms. The molecule has 0 aliphatic heterocycles. The molecule has 0 bridgehead atoms. The van der Waals surface area contributed by atoms with Crippen LogP contribution >= 0.6 is 11.3 Å². The van der Waals surface area contributed by atoms with Crippen LogP contribution in [0, 0.1) is 0 Å². The summed E-state index contributed by atoms with van der Waals surface area (Å²) < 4.78 is 7.50. The summed E-state index contributed by atoms with van der Waals surface area (Å²) in [4.78, 5) is 15.1. The fraction of sp³-hybridized carbons (Fsp3) is 0. The fourth-order valence-electron chi connectivity index (χ4n) is 8.61. The largest absolute Gasteiger partial charge is 0.307 e. The number of thiophene rings is 1. The van der Waals surface area contributed by atoms with Crippen molar-refractivity contribution in [1.82, 2.24) is 24.1 Å². The third-order valence-corrected chi connectivity index (χ3v) is 12.3. The number of fused-ring (bicyclic) bond motifs is 10.